The third-order valence-electron chi connectivity index (χ3n) is 4.11. The van der Waals surface area contributed by atoms with Crippen molar-refractivity contribution in [3.05, 3.63) is 0 Å². The molecule has 2 N–H and O–H groups in total. The second-order valence-corrected chi connectivity index (χ2v) is 6.38. The molecular formula is C13H22N2O3S. The molecule has 2 aliphatic rings. The predicted octanol–water partition coefficient (Wildman–Crippen LogP) is 1.92. The van der Waals surface area contributed by atoms with E-state index in [1.165, 1.54) is 4.90 Å². The molecule has 1 saturated heterocycles. The number of amides is 2. The fourth-order valence-corrected chi connectivity index (χ4v) is 3.98. The maximum absolute atomic E-state index is 12.3. The van der Waals surface area contributed by atoms with Crippen LogP contribution >= 0.6 is 11.8 Å². The van der Waals surface area contributed by atoms with Crippen molar-refractivity contribution in [1.82, 2.24) is 10.2 Å². The number of hydrogen-bond donors (Lipinski definition) is 2. The molecule has 1 heterocycles. The molecule has 1 aliphatic carbocycles. The Kier molecular flexibility index (Phi) is 4.96. The van der Waals surface area contributed by atoms with E-state index in [1.54, 1.807) is 11.8 Å². The number of carboxylic acid groups (broad SMARTS) is 1. The molecule has 108 valence electrons. The summed E-state index contributed by atoms with van der Waals surface area (Å²) >= 11 is 1.79. The van der Waals surface area contributed by atoms with E-state index in [0.717, 1.165) is 32.1 Å². The molecule has 2 amide bonds. The largest absolute Gasteiger partial charge is 0.480 e. The number of urea groups is 1. The molecule has 19 heavy (non-hydrogen) atoms. The monoisotopic (exact) mass is 286 g/mol. The van der Waals surface area contributed by atoms with Gasteiger partial charge in [0.1, 0.15) is 6.04 Å². The number of carboxylic acids is 1. The van der Waals surface area contributed by atoms with Crippen LogP contribution in [0.15, 0.2) is 0 Å². The van der Waals surface area contributed by atoms with Crippen molar-refractivity contribution in [2.24, 2.45) is 0 Å². The lowest BCUT2D eigenvalue weighted by Crippen LogP contribution is -2.54. The van der Waals surface area contributed by atoms with Crippen LogP contribution in [-0.4, -0.2) is 52.1 Å². The second kappa shape index (κ2) is 6.50. The summed E-state index contributed by atoms with van der Waals surface area (Å²) in [5.41, 5.74) is 0. The molecule has 2 fully saturated rings. The van der Waals surface area contributed by atoms with Gasteiger partial charge in [-0.1, -0.05) is 6.42 Å². The standard InChI is InChI=1S/C13H22N2O3S/c1-19-11-7-4-5-9(11)14-13(18)15-8-3-2-6-10(15)12(16)17/h9-11H,2-8H2,1H3,(H,14,18)(H,16,17). The highest BCUT2D eigenvalue weighted by molar-refractivity contribution is 7.99. The predicted molar refractivity (Wildman–Crippen MR) is 75.5 cm³/mol. The highest BCUT2D eigenvalue weighted by atomic mass is 32.2. The summed E-state index contributed by atoms with van der Waals surface area (Å²) in [6.45, 7) is 0.555. The summed E-state index contributed by atoms with van der Waals surface area (Å²) < 4.78 is 0. The van der Waals surface area contributed by atoms with E-state index in [1.807, 2.05) is 0 Å². The number of piperidine rings is 1. The minimum Gasteiger partial charge on any atom is -0.480 e. The van der Waals surface area contributed by atoms with Crippen molar-refractivity contribution in [3.8, 4) is 0 Å². The number of carbonyl (C=O) groups is 2. The number of rotatable bonds is 3. The molecule has 6 heteroatoms. The van der Waals surface area contributed by atoms with E-state index < -0.39 is 12.0 Å². The van der Waals surface area contributed by atoms with Crippen LogP contribution in [0.3, 0.4) is 0 Å². The van der Waals surface area contributed by atoms with E-state index in [4.69, 9.17) is 0 Å². The number of nitrogens with one attached hydrogen (secondary N) is 1. The first-order chi connectivity index (χ1) is 9.13. The quantitative estimate of drug-likeness (QED) is 0.831. The molecule has 0 spiro atoms. The van der Waals surface area contributed by atoms with Crippen LogP contribution in [0, 0.1) is 0 Å². The van der Waals surface area contributed by atoms with Gasteiger partial charge < -0.3 is 15.3 Å². The van der Waals surface area contributed by atoms with Crippen LogP contribution in [0.2, 0.25) is 0 Å². The zero-order chi connectivity index (χ0) is 13.8. The van der Waals surface area contributed by atoms with E-state index >= 15 is 0 Å². The topological polar surface area (TPSA) is 69.6 Å². The van der Waals surface area contributed by atoms with Gasteiger partial charge in [0.2, 0.25) is 0 Å². The zero-order valence-corrected chi connectivity index (χ0v) is 12.1. The summed E-state index contributed by atoms with van der Waals surface area (Å²) in [5, 5.41) is 12.7. The molecule has 0 aromatic heterocycles. The van der Waals surface area contributed by atoms with Crippen LogP contribution < -0.4 is 5.32 Å². The van der Waals surface area contributed by atoms with Gasteiger partial charge in [-0.3, -0.25) is 0 Å². The van der Waals surface area contributed by atoms with Gasteiger partial charge in [-0.05, 0) is 38.4 Å². The van der Waals surface area contributed by atoms with Gasteiger partial charge in [-0.15, -0.1) is 0 Å². The van der Waals surface area contributed by atoms with Crippen molar-refractivity contribution < 1.29 is 14.7 Å². The highest BCUT2D eigenvalue weighted by Gasteiger charge is 2.35. The minimum atomic E-state index is -0.886. The Bertz CT molecular complexity index is 351. The van der Waals surface area contributed by atoms with Gasteiger partial charge in [0.25, 0.3) is 0 Å². The summed E-state index contributed by atoms with van der Waals surface area (Å²) in [6, 6.07) is -0.653. The summed E-state index contributed by atoms with van der Waals surface area (Å²) in [5.74, 6) is -0.886. The molecule has 5 nitrogen and oxygen atoms in total. The smallest absolute Gasteiger partial charge is 0.326 e. The molecule has 3 unspecified atom stereocenters. The van der Waals surface area contributed by atoms with E-state index in [0.29, 0.717) is 18.2 Å². The van der Waals surface area contributed by atoms with Crippen molar-refractivity contribution in [2.45, 2.75) is 55.9 Å². The normalized spacial score (nSPS) is 31.2. The van der Waals surface area contributed by atoms with Crippen molar-refractivity contribution in [1.29, 1.82) is 0 Å². The fourth-order valence-electron chi connectivity index (χ4n) is 3.05. The summed E-state index contributed by atoms with van der Waals surface area (Å²) in [4.78, 5) is 25.0. The lowest BCUT2D eigenvalue weighted by Gasteiger charge is -2.34. The SMILES string of the molecule is CSC1CCCC1NC(=O)N1CCCCC1C(=O)O. The molecule has 1 saturated carbocycles. The molecule has 0 bridgehead atoms. The maximum atomic E-state index is 12.3. The number of thioether (sulfide) groups is 1. The van der Waals surface area contributed by atoms with E-state index in [2.05, 4.69) is 11.6 Å². The van der Waals surface area contributed by atoms with Gasteiger partial charge in [0.15, 0.2) is 0 Å². The van der Waals surface area contributed by atoms with Crippen molar-refractivity contribution in [3.63, 3.8) is 0 Å². The summed E-state index contributed by atoms with van der Waals surface area (Å²) in [7, 11) is 0. The lowest BCUT2D eigenvalue weighted by molar-refractivity contribution is -0.143. The van der Waals surface area contributed by atoms with Crippen molar-refractivity contribution >= 4 is 23.8 Å². The van der Waals surface area contributed by atoms with Crippen LogP contribution in [0.4, 0.5) is 4.79 Å². The third-order valence-corrected chi connectivity index (χ3v) is 5.28. The highest BCUT2D eigenvalue weighted by Crippen LogP contribution is 2.28. The lowest BCUT2D eigenvalue weighted by atomic mass is 10.0. The third kappa shape index (κ3) is 3.35. The average molecular weight is 286 g/mol. The van der Waals surface area contributed by atoms with Crippen LogP contribution in [-0.2, 0) is 4.79 Å². The summed E-state index contributed by atoms with van der Waals surface area (Å²) in [6.07, 6.45) is 7.69. The first-order valence-electron chi connectivity index (χ1n) is 6.96. The molecule has 3 atom stereocenters. The van der Waals surface area contributed by atoms with Crippen molar-refractivity contribution in [2.75, 3.05) is 12.8 Å². The molecular weight excluding hydrogens is 264 g/mol. The Morgan fingerprint density at radius 3 is 2.68 bits per heavy atom. The Morgan fingerprint density at radius 2 is 2.00 bits per heavy atom. The Hall–Kier alpha value is -0.910. The molecule has 2 rings (SSSR count). The van der Waals surface area contributed by atoms with Crippen LogP contribution in [0.1, 0.15) is 38.5 Å². The molecule has 0 aromatic carbocycles. The minimum absolute atomic E-state index is 0.193. The number of aliphatic carboxylic acids is 1. The Labute approximate surface area is 118 Å². The van der Waals surface area contributed by atoms with Gasteiger partial charge in [0, 0.05) is 17.8 Å². The Balaban J connectivity index is 1.95. The number of carbonyl (C=O) groups excluding carboxylic acids is 1. The van der Waals surface area contributed by atoms with E-state index in [-0.39, 0.29) is 12.1 Å². The van der Waals surface area contributed by atoms with Gasteiger partial charge in [0.05, 0.1) is 0 Å². The first kappa shape index (κ1) is 14.5. The molecule has 0 aromatic rings. The second-order valence-electron chi connectivity index (χ2n) is 5.30. The zero-order valence-electron chi connectivity index (χ0n) is 11.3. The number of nitrogens with zero attached hydrogens (tertiary/aromatic N) is 1. The van der Waals surface area contributed by atoms with Gasteiger partial charge in [-0.25, -0.2) is 9.59 Å². The maximum Gasteiger partial charge on any atom is 0.326 e. The molecule has 1 aliphatic heterocycles. The number of hydrogen-bond acceptors (Lipinski definition) is 3. The molecule has 0 radical (unpaired) electrons. The van der Waals surface area contributed by atoms with Gasteiger partial charge in [-0.2, -0.15) is 11.8 Å². The number of likely N-dealkylation sites (tertiary alicyclic amines) is 1. The first-order valence-corrected chi connectivity index (χ1v) is 8.25. The van der Waals surface area contributed by atoms with Crippen LogP contribution in [0.25, 0.3) is 0 Å². The fraction of sp³-hybridized carbons (Fsp3) is 0.846. The van der Waals surface area contributed by atoms with Gasteiger partial charge >= 0.3 is 12.0 Å². The van der Waals surface area contributed by atoms with E-state index in [9.17, 15) is 14.7 Å². The van der Waals surface area contributed by atoms with Crippen LogP contribution in [0.5, 0.6) is 0 Å². The Morgan fingerprint density at radius 1 is 1.21 bits per heavy atom. The average Bonchev–Trinajstić information content (AvgIpc) is 2.85.